The topological polar surface area (TPSA) is 38.7 Å². The van der Waals surface area contributed by atoms with Crippen molar-refractivity contribution in [2.24, 2.45) is 0 Å². The third-order valence-electron chi connectivity index (χ3n) is 9.73. The largest absolute Gasteiger partial charge is 0.208 e. The van der Waals surface area contributed by atoms with Gasteiger partial charge in [-0.25, -0.2) is 15.0 Å². The van der Waals surface area contributed by atoms with Gasteiger partial charge in [0.2, 0.25) is 0 Å². The van der Waals surface area contributed by atoms with Crippen molar-refractivity contribution in [1.82, 2.24) is 15.0 Å². The lowest BCUT2D eigenvalue weighted by Gasteiger charge is -2.17. The van der Waals surface area contributed by atoms with Gasteiger partial charge in [0.05, 0.1) is 0 Å². The SMILES string of the molecule is c1ccc(-c2nc(-c3ccccc3)nc(-c3cccc4c(-c5c6ccccc6c(-c6ccccc6)c6c5sc5ccccc56)cccc34)n2)cc1. The predicted molar refractivity (Wildman–Crippen MR) is 215 cm³/mol. The highest BCUT2D eigenvalue weighted by atomic mass is 32.1. The van der Waals surface area contributed by atoms with E-state index >= 15 is 0 Å². The molecule has 0 N–H and O–H groups in total. The van der Waals surface area contributed by atoms with E-state index in [-0.39, 0.29) is 0 Å². The number of aromatic nitrogens is 3. The summed E-state index contributed by atoms with van der Waals surface area (Å²) < 4.78 is 2.58. The Morgan fingerprint density at radius 2 is 0.765 bits per heavy atom. The van der Waals surface area contributed by atoms with Crippen LogP contribution in [0, 0.1) is 0 Å². The molecule has 10 aromatic rings. The second-order valence-electron chi connectivity index (χ2n) is 12.7. The molecule has 0 unspecified atom stereocenters. The van der Waals surface area contributed by atoms with Crippen LogP contribution < -0.4 is 0 Å². The quantitative estimate of drug-likeness (QED) is 0.183. The molecule has 0 spiro atoms. The van der Waals surface area contributed by atoms with E-state index in [2.05, 4.69) is 140 Å². The molecule has 2 aromatic heterocycles. The maximum atomic E-state index is 5.11. The van der Waals surface area contributed by atoms with Gasteiger partial charge < -0.3 is 0 Å². The molecule has 2 heterocycles. The van der Waals surface area contributed by atoms with Crippen molar-refractivity contribution >= 4 is 53.1 Å². The normalized spacial score (nSPS) is 11.5. The number of fused-ring (bicyclic) bond motifs is 5. The highest BCUT2D eigenvalue weighted by molar-refractivity contribution is 7.26. The molecule has 0 bridgehead atoms. The molecule has 238 valence electrons. The van der Waals surface area contributed by atoms with Gasteiger partial charge in [-0.05, 0) is 44.3 Å². The van der Waals surface area contributed by atoms with Gasteiger partial charge in [0.25, 0.3) is 0 Å². The van der Waals surface area contributed by atoms with E-state index in [1.807, 2.05) is 47.7 Å². The zero-order chi connectivity index (χ0) is 33.7. The fraction of sp³-hybridized carbons (Fsp3) is 0. The number of hydrogen-bond donors (Lipinski definition) is 0. The van der Waals surface area contributed by atoms with Crippen LogP contribution in [0.5, 0.6) is 0 Å². The van der Waals surface area contributed by atoms with Crippen molar-refractivity contribution in [2.75, 3.05) is 0 Å². The minimum atomic E-state index is 0.654. The molecule has 0 aliphatic carbocycles. The molecule has 0 saturated heterocycles. The highest BCUT2D eigenvalue weighted by Gasteiger charge is 2.22. The Labute approximate surface area is 299 Å². The van der Waals surface area contributed by atoms with Crippen molar-refractivity contribution in [2.45, 2.75) is 0 Å². The summed E-state index contributed by atoms with van der Waals surface area (Å²) in [5.41, 5.74) is 7.86. The van der Waals surface area contributed by atoms with Gasteiger partial charge in [0.1, 0.15) is 0 Å². The van der Waals surface area contributed by atoms with Gasteiger partial charge >= 0.3 is 0 Å². The first kappa shape index (κ1) is 29.4. The fourth-order valence-electron chi connectivity index (χ4n) is 7.47. The Morgan fingerprint density at radius 3 is 1.39 bits per heavy atom. The Bertz CT molecular complexity index is 2840. The van der Waals surface area contributed by atoms with Crippen molar-refractivity contribution in [1.29, 1.82) is 0 Å². The molecule has 4 heteroatoms. The molecule has 0 aliphatic heterocycles. The summed E-state index contributed by atoms with van der Waals surface area (Å²) in [6.07, 6.45) is 0. The first-order valence-electron chi connectivity index (χ1n) is 17.1. The van der Waals surface area contributed by atoms with Crippen LogP contribution in [0.25, 0.3) is 98.1 Å². The highest BCUT2D eigenvalue weighted by Crippen LogP contribution is 2.51. The van der Waals surface area contributed by atoms with E-state index in [0.717, 1.165) is 27.5 Å². The van der Waals surface area contributed by atoms with Crippen LogP contribution in [0.2, 0.25) is 0 Å². The summed E-state index contributed by atoms with van der Waals surface area (Å²) in [5.74, 6) is 1.96. The van der Waals surface area contributed by atoms with E-state index in [9.17, 15) is 0 Å². The maximum Gasteiger partial charge on any atom is 0.164 e. The lowest BCUT2D eigenvalue weighted by atomic mass is 9.86. The lowest BCUT2D eigenvalue weighted by Crippen LogP contribution is -2.00. The van der Waals surface area contributed by atoms with Crippen LogP contribution in [0.3, 0.4) is 0 Å². The van der Waals surface area contributed by atoms with Crippen LogP contribution in [0.15, 0.2) is 176 Å². The first-order valence-corrected chi connectivity index (χ1v) is 17.9. The van der Waals surface area contributed by atoms with Gasteiger partial charge in [-0.2, -0.15) is 0 Å². The summed E-state index contributed by atoms with van der Waals surface area (Å²) in [7, 11) is 0. The molecule has 10 rings (SSSR count). The smallest absolute Gasteiger partial charge is 0.164 e. The third kappa shape index (κ3) is 4.91. The molecular formula is C47H29N3S. The number of hydrogen-bond acceptors (Lipinski definition) is 4. The van der Waals surface area contributed by atoms with Gasteiger partial charge in [0.15, 0.2) is 17.5 Å². The summed E-state index contributed by atoms with van der Waals surface area (Å²) in [6, 6.07) is 62.0. The van der Waals surface area contributed by atoms with Crippen molar-refractivity contribution in [3.63, 3.8) is 0 Å². The van der Waals surface area contributed by atoms with E-state index in [1.165, 1.54) is 53.2 Å². The Morgan fingerprint density at radius 1 is 0.314 bits per heavy atom. The fourth-order valence-corrected chi connectivity index (χ4v) is 8.75. The van der Waals surface area contributed by atoms with Gasteiger partial charge in [-0.15, -0.1) is 11.3 Å². The van der Waals surface area contributed by atoms with Crippen LogP contribution in [-0.4, -0.2) is 15.0 Å². The first-order chi connectivity index (χ1) is 25.3. The average molecular weight is 668 g/mol. The number of benzene rings is 8. The Hall–Kier alpha value is -6.49. The molecule has 3 nitrogen and oxygen atoms in total. The molecular weight excluding hydrogens is 639 g/mol. The zero-order valence-corrected chi connectivity index (χ0v) is 28.3. The number of rotatable bonds is 5. The predicted octanol–water partition coefficient (Wildman–Crippen LogP) is 12.9. The molecule has 51 heavy (non-hydrogen) atoms. The summed E-state index contributed by atoms with van der Waals surface area (Å²) in [6.45, 7) is 0. The van der Waals surface area contributed by atoms with Crippen LogP contribution >= 0.6 is 11.3 Å². The van der Waals surface area contributed by atoms with Gasteiger partial charge in [0, 0.05) is 42.4 Å². The maximum absolute atomic E-state index is 5.11. The summed E-state index contributed by atoms with van der Waals surface area (Å²) >= 11 is 1.88. The number of nitrogens with zero attached hydrogens (tertiary/aromatic N) is 3. The van der Waals surface area contributed by atoms with Crippen LogP contribution in [0.4, 0.5) is 0 Å². The molecule has 0 amide bonds. The van der Waals surface area contributed by atoms with Crippen LogP contribution in [-0.2, 0) is 0 Å². The second kappa shape index (κ2) is 12.1. The molecule has 0 radical (unpaired) electrons. The van der Waals surface area contributed by atoms with E-state index in [4.69, 9.17) is 15.0 Å². The van der Waals surface area contributed by atoms with Crippen molar-refractivity contribution in [3.8, 4) is 56.4 Å². The Balaban J connectivity index is 1.27. The zero-order valence-electron chi connectivity index (χ0n) is 27.5. The van der Waals surface area contributed by atoms with Crippen molar-refractivity contribution < 1.29 is 0 Å². The lowest BCUT2D eigenvalue weighted by molar-refractivity contribution is 1.08. The summed E-state index contributed by atoms with van der Waals surface area (Å²) in [4.78, 5) is 15.2. The van der Waals surface area contributed by atoms with Crippen LogP contribution in [0.1, 0.15) is 0 Å². The molecule has 0 aliphatic rings. The monoisotopic (exact) mass is 667 g/mol. The number of thiophene rings is 1. The molecule has 8 aromatic carbocycles. The minimum absolute atomic E-state index is 0.654. The second-order valence-corrected chi connectivity index (χ2v) is 13.8. The molecule has 0 fully saturated rings. The van der Waals surface area contributed by atoms with E-state index in [1.54, 1.807) is 0 Å². The summed E-state index contributed by atoms with van der Waals surface area (Å²) in [5, 5.41) is 7.35. The minimum Gasteiger partial charge on any atom is -0.208 e. The molecule has 0 saturated carbocycles. The average Bonchev–Trinajstić information content (AvgIpc) is 3.59. The third-order valence-corrected chi connectivity index (χ3v) is 10.9. The van der Waals surface area contributed by atoms with Gasteiger partial charge in [-0.3, -0.25) is 0 Å². The van der Waals surface area contributed by atoms with Gasteiger partial charge in [-0.1, -0.05) is 170 Å². The van der Waals surface area contributed by atoms with Crippen molar-refractivity contribution in [3.05, 3.63) is 176 Å². The van der Waals surface area contributed by atoms with E-state index < -0.39 is 0 Å². The van der Waals surface area contributed by atoms with E-state index in [0.29, 0.717) is 17.5 Å². The Kier molecular flexibility index (Phi) is 7.00. The standard InChI is InChI=1S/C47H29N3S/c1-4-16-30(17-5-1)41-36-22-10-11-23-37(36)42(44-43(41)39-24-12-13-29-40(39)51-44)35-27-14-26-34-33(35)25-15-28-38(34)47-49-45(31-18-6-2-7-19-31)48-46(50-47)32-20-8-3-9-21-32/h1-29H. The molecule has 0 atom stereocenters.